The highest BCUT2D eigenvalue weighted by Gasteiger charge is 2.50. The number of H-pyrrole nitrogens is 1. The summed E-state index contributed by atoms with van der Waals surface area (Å²) in [5.74, 6) is -0.255. The Labute approximate surface area is 170 Å². The minimum atomic E-state index is -0.467. The fourth-order valence-corrected chi connectivity index (χ4v) is 5.00. The summed E-state index contributed by atoms with van der Waals surface area (Å²) in [5, 5.41) is 1.19. The number of rotatable bonds is 3. The lowest BCUT2D eigenvalue weighted by Crippen LogP contribution is -2.38. The smallest absolute Gasteiger partial charge is 0.334 e. The maximum absolute atomic E-state index is 12.5. The van der Waals surface area contributed by atoms with Gasteiger partial charge in [0, 0.05) is 47.9 Å². The van der Waals surface area contributed by atoms with Crippen LogP contribution in [0.2, 0.25) is 0 Å². The molecule has 4 heteroatoms. The number of esters is 1. The Morgan fingerprint density at radius 2 is 1.86 bits per heavy atom. The van der Waals surface area contributed by atoms with Crippen LogP contribution in [0, 0.1) is 12.8 Å². The number of ether oxygens (including phenoxy) is 1. The first-order valence-corrected chi connectivity index (χ1v) is 9.94. The lowest BCUT2D eigenvalue weighted by molar-refractivity contribution is -0.135. The van der Waals surface area contributed by atoms with E-state index in [4.69, 9.17) is 4.74 Å². The van der Waals surface area contributed by atoms with Crippen LogP contribution in [0.5, 0.6) is 0 Å². The van der Waals surface area contributed by atoms with Crippen molar-refractivity contribution < 1.29 is 9.53 Å². The van der Waals surface area contributed by atoms with Gasteiger partial charge in [0.05, 0.1) is 5.41 Å². The minimum absolute atomic E-state index is 0.0527. The molecular formula is C25H24N2O2. The van der Waals surface area contributed by atoms with Crippen LogP contribution in [0.3, 0.4) is 0 Å². The summed E-state index contributed by atoms with van der Waals surface area (Å²) in [6, 6.07) is 17.0. The Morgan fingerprint density at radius 3 is 2.62 bits per heavy atom. The van der Waals surface area contributed by atoms with E-state index in [1.165, 1.54) is 16.5 Å². The number of fused-ring (bicyclic) bond motifs is 2. The highest BCUT2D eigenvalue weighted by Crippen LogP contribution is 2.51. The molecule has 146 valence electrons. The number of nitrogens with zero attached hydrogens (tertiary/aromatic N) is 1. The molecule has 3 aromatic rings. The molecule has 5 rings (SSSR count). The number of benzene rings is 2. The zero-order chi connectivity index (χ0) is 20.2. The Balaban J connectivity index is 1.81. The third kappa shape index (κ3) is 2.48. The standard InChI is InChI=1S/C25H24N2O2/c1-16-23(20-7-4-5-9-22(20)26-16)25(17-10-12-18(13-11-17)27(2)3)14-6-8-19-21(25)15-29-24(19)28/h4-14,21,26H,15H2,1-3H3. The highest BCUT2D eigenvalue weighted by molar-refractivity contribution is 5.94. The average Bonchev–Trinajstić information content (AvgIpc) is 3.28. The normalized spacial score (nSPS) is 23.1. The molecule has 0 spiro atoms. The van der Waals surface area contributed by atoms with E-state index < -0.39 is 5.41 Å². The second-order valence-corrected chi connectivity index (χ2v) is 8.11. The van der Waals surface area contributed by atoms with Crippen LogP contribution in [-0.4, -0.2) is 31.7 Å². The number of hydrogen-bond donors (Lipinski definition) is 1. The van der Waals surface area contributed by atoms with Crippen LogP contribution in [0.25, 0.3) is 10.9 Å². The molecule has 2 atom stereocenters. The number of nitrogens with one attached hydrogen (secondary N) is 1. The summed E-state index contributed by atoms with van der Waals surface area (Å²) in [4.78, 5) is 18.1. The molecule has 1 N–H and O–H groups in total. The molecule has 4 nitrogen and oxygen atoms in total. The number of aryl methyl sites for hydroxylation is 1. The predicted molar refractivity (Wildman–Crippen MR) is 116 cm³/mol. The van der Waals surface area contributed by atoms with Crippen molar-refractivity contribution in [2.75, 3.05) is 25.6 Å². The molecule has 2 aliphatic rings. The van der Waals surface area contributed by atoms with Gasteiger partial charge in [0.25, 0.3) is 0 Å². The lowest BCUT2D eigenvalue weighted by atomic mass is 9.61. The van der Waals surface area contributed by atoms with Gasteiger partial charge in [-0.15, -0.1) is 0 Å². The number of para-hydroxylation sites is 1. The van der Waals surface area contributed by atoms with Crippen molar-refractivity contribution in [2.24, 2.45) is 5.92 Å². The first-order chi connectivity index (χ1) is 14.0. The molecule has 2 aromatic carbocycles. The second kappa shape index (κ2) is 6.38. The lowest BCUT2D eigenvalue weighted by Gasteiger charge is -2.39. The molecule has 1 aliphatic carbocycles. The Bertz CT molecular complexity index is 1170. The first-order valence-electron chi connectivity index (χ1n) is 9.94. The topological polar surface area (TPSA) is 45.3 Å². The van der Waals surface area contributed by atoms with Crippen molar-refractivity contribution >= 4 is 22.6 Å². The maximum Gasteiger partial charge on any atom is 0.334 e. The SMILES string of the molecule is Cc1[nH]c2ccccc2c1C1(c2ccc(N(C)C)cc2)C=CC=C2C(=O)OCC21. The third-order valence-corrected chi connectivity index (χ3v) is 6.35. The number of anilines is 1. The number of allylic oxidation sites excluding steroid dienone is 3. The van der Waals surface area contributed by atoms with Crippen LogP contribution in [0.15, 0.2) is 72.3 Å². The molecule has 0 bridgehead atoms. The van der Waals surface area contributed by atoms with Crippen molar-refractivity contribution in [1.82, 2.24) is 4.98 Å². The highest BCUT2D eigenvalue weighted by atomic mass is 16.5. The molecule has 29 heavy (non-hydrogen) atoms. The van der Waals surface area contributed by atoms with E-state index in [9.17, 15) is 4.79 Å². The average molecular weight is 384 g/mol. The van der Waals surface area contributed by atoms with Crippen molar-refractivity contribution in [2.45, 2.75) is 12.3 Å². The largest absolute Gasteiger partial charge is 0.462 e. The Morgan fingerprint density at radius 1 is 1.10 bits per heavy atom. The van der Waals surface area contributed by atoms with Gasteiger partial charge in [-0.05, 0) is 36.2 Å². The van der Waals surface area contributed by atoms with E-state index in [1.54, 1.807) is 0 Å². The number of hydrogen-bond acceptors (Lipinski definition) is 3. The van der Waals surface area contributed by atoms with Crippen LogP contribution in [0.4, 0.5) is 5.69 Å². The van der Waals surface area contributed by atoms with E-state index in [2.05, 4.69) is 65.3 Å². The van der Waals surface area contributed by atoms with Crippen LogP contribution in [0.1, 0.15) is 16.8 Å². The fourth-order valence-electron chi connectivity index (χ4n) is 5.00. The summed E-state index contributed by atoms with van der Waals surface area (Å²) in [5.41, 5.74) is 6.05. The molecule has 0 saturated carbocycles. The minimum Gasteiger partial charge on any atom is -0.462 e. The fraction of sp³-hybridized carbons (Fsp3) is 0.240. The summed E-state index contributed by atoms with van der Waals surface area (Å²) in [6.45, 7) is 2.51. The van der Waals surface area contributed by atoms with Gasteiger partial charge in [0.2, 0.25) is 0 Å². The molecule has 0 radical (unpaired) electrons. The molecule has 1 aromatic heterocycles. The summed E-state index contributed by atoms with van der Waals surface area (Å²) in [6.07, 6.45) is 6.17. The number of aromatic amines is 1. The molecule has 0 amide bonds. The predicted octanol–water partition coefficient (Wildman–Crippen LogP) is 4.50. The summed E-state index contributed by atoms with van der Waals surface area (Å²) < 4.78 is 5.52. The quantitative estimate of drug-likeness (QED) is 0.677. The van der Waals surface area contributed by atoms with E-state index >= 15 is 0 Å². The van der Waals surface area contributed by atoms with Gasteiger partial charge in [-0.2, -0.15) is 0 Å². The Hall–Kier alpha value is -3.27. The van der Waals surface area contributed by atoms with Crippen molar-refractivity contribution in [3.05, 3.63) is 89.2 Å². The molecular weight excluding hydrogens is 360 g/mol. The van der Waals surface area contributed by atoms with E-state index in [1.807, 2.05) is 32.3 Å². The van der Waals surface area contributed by atoms with Gasteiger partial charge < -0.3 is 14.6 Å². The molecule has 2 heterocycles. The summed E-state index contributed by atoms with van der Waals surface area (Å²) >= 11 is 0. The molecule has 1 aliphatic heterocycles. The van der Waals surface area contributed by atoms with Gasteiger partial charge in [0.1, 0.15) is 6.61 Å². The van der Waals surface area contributed by atoms with Crippen molar-refractivity contribution in [3.8, 4) is 0 Å². The van der Waals surface area contributed by atoms with Gasteiger partial charge in [-0.1, -0.05) is 48.6 Å². The zero-order valence-corrected chi connectivity index (χ0v) is 16.9. The van der Waals surface area contributed by atoms with Crippen LogP contribution >= 0.6 is 0 Å². The molecule has 1 saturated heterocycles. The molecule has 1 fully saturated rings. The second-order valence-electron chi connectivity index (χ2n) is 8.11. The number of carbonyl (C=O) groups excluding carboxylic acids is 1. The molecule has 2 unspecified atom stereocenters. The first kappa shape index (κ1) is 17.8. The number of cyclic esters (lactones) is 1. The number of carbonyl (C=O) groups is 1. The summed E-state index contributed by atoms with van der Waals surface area (Å²) in [7, 11) is 4.08. The van der Waals surface area contributed by atoms with Crippen LogP contribution in [-0.2, 0) is 14.9 Å². The van der Waals surface area contributed by atoms with E-state index in [0.717, 1.165) is 22.5 Å². The van der Waals surface area contributed by atoms with Gasteiger partial charge in [-0.25, -0.2) is 4.79 Å². The monoisotopic (exact) mass is 384 g/mol. The number of aromatic nitrogens is 1. The Kier molecular flexibility index (Phi) is 3.91. The van der Waals surface area contributed by atoms with Crippen LogP contribution < -0.4 is 4.90 Å². The third-order valence-electron chi connectivity index (χ3n) is 6.35. The van der Waals surface area contributed by atoms with E-state index in [-0.39, 0.29) is 11.9 Å². The van der Waals surface area contributed by atoms with Gasteiger partial charge in [-0.3, -0.25) is 0 Å². The zero-order valence-electron chi connectivity index (χ0n) is 16.9. The van der Waals surface area contributed by atoms with E-state index in [0.29, 0.717) is 6.61 Å². The maximum atomic E-state index is 12.5. The van der Waals surface area contributed by atoms with Crippen molar-refractivity contribution in [1.29, 1.82) is 0 Å². The van der Waals surface area contributed by atoms with Gasteiger partial charge >= 0.3 is 5.97 Å². The van der Waals surface area contributed by atoms with Gasteiger partial charge in [0.15, 0.2) is 0 Å². The van der Waals surface area contributed by atoms with Crippen molar-refractivity contribution in [3.63, 3.8) is 0 Å².